The number of nitrogens with zero attached hydrogens (tertiary/aromatic N) is 2. The van der Waals surface area contributed by atoms with Crippen LogP contribution in [0, 0.1) is 23.2 Å². The topological polar surface area (TPSA) is 49.0 Å². The monoisotopic (exact) mass is 354 g/mol. The summed E-state index contributed by atoms with van der Waals surface area (Å²) in [6.45, 7) is 2.14. The standard InChI is InChI=1S/C20H13F3N2O/c1-2-25-18(9-6-13-4-3-5-15(26)10-13)17(12-24)16-8-7-14(11-19(16)25)20(21,22)23/h3-5,7-8,10-11,26H,2H2,1H3. The summed E-state index contributed by atoms with van der Waals surface area (Å²) in [6, 6.07) is 11.7. The third kappa shape index (κ3) is 3.10. The van der Waals surface area contributed by atoms with Crippen molar-refractivity contribution in [2.45, 2.75) is 19.6 Å². The number of halogens is 3. The van der Waals surface area contributed by atoms with E-state index in [1.807, 2.05) is 6.07 Å². The van der Waals surface area contributed by atoms with Crippen LogP contribution in [0.2, 0.25) is 0 Å². The molecule has 0 fully saturated rings. The number of aromatic nitrogens is 1. The molecule has 1 heterocycles. The van der Waals surface area contributed by atoms with Crippen molar-refractivity contribution in [2.24, 2.45) is 0 Å². The van der Waals surface area contributed by atoms with E-state index in [2.05, 4.69) is 11.8 Å². The Kier molecular flexibility index (Phi) is 4.36. The van der Waals surface area contributed by atoms with Gasteiger partial charge in [-0.2, -0.15) is 18.4 Å². The highest BCUT2D eigenvalue weighted by Crippen LogP contribution is 2.34. The maximum atomic E-state index is 13.0. The van der Waals surface area contributed by atoms with Crippen LogP contribution >= 0.6 is 0 Å². The predicted octanol–water partition coefficient (Wildman–Crippen LogP) is 4.66. The normalized spacial score (nSPS) is 11.0. The van der Waals surface area contributed by atoms with Crippen LogP contribution in [0.5, 0.6) is 5.75 Å². The lowest BCUT2D eigenvalue weighted by Gasteiger charge is -2.08. The fourth-order valence-corrected chi connectivity index (χ4v) is 2.81. The largest absolute Gasteiger partial charge is 0.508 e. The van der Waals surface area contributed by atoms with Crippen LogP contribution in [0.4, 0.5) is 13.2 Å². The van der Waals surface area contributed by atoms with Crippen LogP contribution in [0.1, 0.15) is 29.3 Å². The molecule has 0 bridgehead atoms. The number of aromatic hydroxyl groups is 1. The lowest BCUT2D eigenvalue weighted by Crippen LogP contribution is -2.05. The minimum absolute atomic E-state index is 0.0585. The summed E-state index contributed by atoms with van der Waals surface area (Å²) in [5.74, 6) is 5.78. The quantitative estimate of drug-likeness (QED) is 0.646. The van der Waals surface area contributed by atoms with E-state index < -0.39 is 11.7 Å². The fraction of sp³-hybridized carbons (Fsp3) is 0.150. The summed E-state index contributed by atoms with van der Waals surface area (Å²) in [5.41, 5.74) is 0.682. The molecule has 0 aliphatic carbocycles. The van der Waals surface area contributed by atoms with Gasteiger partial charge in [-0.3, -0.25) is 0 Å². The number of hydrogen-bond acceptors (Lipinski definition) is 2. The van der Waals surface area contributed by atoms with Gasteiger partial charge in [-0.1, -0.05) is 18.1 Å². The molecular weight excluding hydrogens is 341 g/mol. The predicted molar refractivity (Wildman–Crippen MR) is 91.4 cm³/mol. The van der Waals surface area contributed by atoms with Crippen LogP contribution in [0.25, 0.3) is 10.9 Å². The Bertz CT molecular complexity index is 1090. The minimum atomic E-state index is -4.46. The molecule has 0 spiro atoms. The van der Waals surface area contributed by atoms with E-state index in [0.29, 0.717) is 28.7 Å². The van der Waals surface area contributed by atoms with Gasteiger partial charge in [0.15, 0.2) is 0 Å². The zero-order valence-corrected chi connectivity index (χ0v) is 13.7. The van der Waals surface area contributed by atoms with E-state index in [0.717, 1.165) is 12.1 Å². The highest BCUT2D eigenvalue weighted by atomic mass is 19.4. The van der Waals surface area contributed by atoms with E-state index in [4.69, 9.17) is 0 Å². The van der Waals surface area contributed by atoms with Crippen molar-refractivity contribution in [2.75, 3.05) is 0 Å². The molecule has 0 atom stereocenters. The zero-order valence-electron chi connectivity index (χ0n) is 13.7. The van der Waals surface area contributed by atoms with Crippen LogP contribution in [0.3, 0.4) is 0 Å². The van der Waals surface area contributed by atoms with Crippen LogP contribution < -0.4 is 0 Å². The Morgan fingerprint density at radius 2 is 1.88 bits per heavy atom. The Morgan fingerprint density at radius 3 is 2.50 bits per heavy atom. The zero-order chi connectivity index (χ0) is 18.9. The van der Waals surface area contributed by atoms with Gasteiger partial charge in [0.2, 0.25) is 0 Å². The second-order valence-corrected chi connectivity index (χ2v) is 5.61. The van der Waals surface area contributed by atoms with Crippen LogP contribution in [0.15, 0.2) is 42.5 Å². The van der Waals surface area contributed by atoms with Gasteiger partial charge in [-0.25, -0.2) is 0 Å². The van der Waals surface area contributed by atoms with Crippen molar-refractivity contribution >= 4 is 10.9 Å². The molecule has 0 aliphatic heterocycles. The molecule has 1 aromatic heterocycles. The van der Waals surface area contributed by atoms with Crippen molar-refractivity contribution in [1.82, 2.24) is 4.57 Å². The minimum Gasteiger partial charge on any atom is -0.508 e. The van der Waals surface area contributed by atoms with Gasteiger partial charge in [0.25, 0.3) is 0 Å². The molecule has 6 heteroatoms. The Morgan fingerprint density at radius 1 is 1.12 bits per heavy atom. The van der Waals surface area contributed by atoms with Gasteiger partial charge in [-0.15, -0.1) is 0 Å². The number of fused-ring (bicyclic) bond motifs is 1. The van der Waals surface area contributed by atoms with Gasteiger partial charge >= 0.3 is 6.18 Å². The average Bonchev–Trinajstić information content (AvgIpc) is 2.91. The molecule has 0 amide bonds. The van der Waals surface area contributed by atoms with Gasteiger partial charge in [0.05, 0.1) is 16.6 Å². The molecule has 2 aromatic carbocycles. The van der Waals surface area contributed by atoms with Crippen molar-refractivity contribution in [3.8, 4) is 23.7 Å². The molecule has 0 unspecified atom stereocenters. The molecule has 0 saturated carbocycles. The number of phenols is 1. The van der Waals surface area contributed by atoms with Crippen LogP contribution in [-0.4, -0.2) is 9.67 Å². The first-order valence-electron chi connectivity index (χ1n) is 7.79. The Hall–Kier alpha value is -3.38. The highest BCUT2D eigenvalue weighted by molar-refractivity contribution is 5.90. The van der Waals surface area contributed by atoms with E-state index in [9.17, 15) is 23.5 Å². The summed E-state index contributed by atoms with van der Waals surface area (Å²) in [7, 11) is 0. The SMILES string of the molecule is CCn1c(C#Cc2cccc(O)c2)c(C#N)c2ccc(C(F)(F)F)cc21. The van der Waals surface area contributed by atoms with Crippen molar-refractivity contribution in [3.05, 3.63) is 64.8 Å². The first-order valence-corrected chi connectivity index (χ1v) is 7.79. The molecule has 0 saturated heterocycles. The number of rotatable bonds is 1. The highest BCUT2D eigenvalue weighted by Gasteiger charge is 2.31. The van der Waals surface area contributed by atoms with E-state index in [1.54, 1.807) is 23.6 Å². The molecule has 26 heavy (non-hydrogen) atoms. The smallest absolute Gasteiger partial charge is 0.416 e. The van der Waals surface area contributed by atoms with Crippen molar-refractivity contribution in [3.63, 3.8) is 0 Å². The van der Waals surface area contributed by atoms with Gasteiger partial charge in [0, 0.05) is 17.5 Å². The van der Waals surface area contributed by atoms with E-state index in [-0.39, 0.29) is 11.3 Å². The molecule has 3 nitrogen and oxygen atoms in total. The summed E-state index contributed by atoms with van der Waals surface area (Å²) in [5, 5.41) is 19.4. The molecule has 130 valence electrons. The van der Waals surface area contributed by atoms with Crippen LogP contribution in [-0.2, 0) is 12.7 Å². The number of phenolic OH excluding ortho intramolecular Hbond substituents is 1. The maximum Gasteiger partial charge on any atom is 0.416 e. The molecule has 3 rings (SSSR count). The third-order valence-corrected chi connectivity index (χ3v) is 3.99. The molecule has 0 aliphatic rings. The number of aryl methyl sites for hydroxylation is 1. The summed E-state index contributed by atoms with van der Waals surface area (Å²) >= 11 is 0. The molecule has 0 radical (unpaired) electrons. The summed E-state index contributed by atoms with van der Waals surface area (Å²) < 4.78 is 40.7. The summed E-state index contributed by atoms with van der Waals surface area (Å²) in [4.78, 5) is 0. The Balaban J connectivity index is 2.24. The number of benzene rings is 2. The maximum absolute atomic E-state index is 13.0. The number of nitriles is 1. The van der Waals surface area contributed by atoms with Gasteiger partial charge in [-0.05, 0) is 43.2 Å². The fourth-order valence-electron chi connectivity index (χ4n) is 2.81. The van der Waals surface area contributed by atoms with Crippen molar-refractivity contribution < 1.29 is 18.3 Å². The third-order valence-electron chi connectivity index (χ3n) is 3.99. The number of hydrogen-bond donors (Lipinski definition) is 1. The lowest BCUT2D eigenvalue weighted by atomic mass is 10.1. The van der Waals surface area contributed by atoms with Gasteiger partial charge < -0.3 is 9.67 Å². The summed E-state index contributed by atoms with van der Waals surface area (Å²) in [6.07, 6.45) is -4.46. The Labute approximate surface area is 147 Å². The van der Waals surface area contributed by atoms with Crippen molar-refractivity contribution in [1.29, 1.82) is 5.26 Å². The van der Waals surface area contributed by atoms with E-state index in [1.165, 1.54) is 18.2 Å². The van der Waals surface area contributed by atoms with Gasteiger partial charge in [0.1, 0.15) is 17.5 Å². The van der Waals surface area contributed by atoms with E-state index >= 15 is 0 Å². The second kappa shape index (κ2) is 6.50. The average molecular weight is 354 g/mol. The molecule has 3 aromatic rings. The molecule has 1 N–H and O–H groups in total. The lowest BCUT2D eigenvalue weighted by molar-refractivity contribution is -0.137. The first kappa shape index (κ1) is 17.4. The first-order chi connectivity index (χ1) is 12.3. The second-order valence-electron chi connectivity index (χ2n) is 5.61. The molecular formula is C20H13F3N2O. The number of alkyl halides is 3.